The second-order valence-corrected chi connectivity index (χ2v) is 8.10. The summed E-state index contributed by atoms with van der Waals surface area (Å²) in [5.74, 6) is -0.439. The molecule has 2 rings (SSSR count). The Morgan fingerprint density at radius 2 is 2.00 bits per heavy atom. The van der Waals surface area contributed by atoms with Gasteiger partial charge in [-0.2, -0.15) is 11.8 Å². The standard InChI is InChI=1S/C18H20ClN3O3S2/c1-11-3-5-12(6-4-11)10-27-18-20-9-13(19)15(22-18)16(23)21-14(17(24)25)7-8-26-2/h3-6,9,14H,7-8,10H2,1-2H3,(H,21,23)(H,24,25)/t14-/m0/s1. The number of aromatic nitrogens is 2. The number of carbonyl (C=O) groups is 2. The lowest BCUT2D eigenvalue weighted by Crippen LogP contribution is -2.41. The highest BCUT2D eigenvalue weighted by Crippen LogP contribution is 2.22. The van der Waals surface area contributed by atoms with E-state index in [1.807, 2.05) is 37.4 Å². The van der Waals surface area contributed by atoms with Crippen LogP contribution in [0.2, 0.25) is 5.02 Å². The highest BCUT2D eigenvalue weighted by atomic mass is 35.5. The third-order valence-corrected chi connectivity index (χ3v) is 5.49. The molecule has 0 bridgehead atoms. The zero-order valence-corrected chi connectivity index (χ0v) is 17.3. The summed E-state index contributed by atoms with van der Waals surface area (Å²) >= 11 is 8.94. The van der Waals surface area contributed by atoms with E-state index in [1.54, 1.807) is 0 Å². The van der Waals surface area contributed by atoms with E-state index < -0.39 is 17.9 Å². The van der Waals surface area contributed by atoms with Gasteiger partial charge in [-0.1, -0.05) is 53.2 Å². The third-order valence-electron chi connectivity index (χ3n) is 3.64. The average molecular weight is 426 g/mol. The number of amides is 1. The Morgan fingerprint density at radius 3 is 2.63 bits per heavy atom. The van der Waals surface area contributed by atoms with E-state index in [2.05, 4.69) is 15.3 Å². The summed E-state index contributed by atoms with van der Waals surface area (Å²) in [6.07, 6.45) is 3.55. The van der Waals surface area contributed by atoms with E-state index >= 15 is 0 Å². The lowest BCUT2D eigenvalue weighted by molar-refractivity contribution is -0.139. The number of carboxylic acid groups (broad SMARTS) is 1. The second kappa shape index (κ2) is 10.5. The SMILES string of the molecule is CSCC[C@H](NC(=O)c1nc(SCc2ccc(C)cc2)ncc1Cl)C(=O)O. The minimum absolute atomic E-state index is 0.0199. The fourth-order valence-electron chi connectivity index (χ4n) is 2.13. The molecule has 0 spiro atoms. The Morgan fingerprint density at radius 1 is 1.30 bits per heavy atom. The number of hydrogen-bond acceptors (Lipinski definition) is 6. The Balaban J connectivity index is 2.07. The van der Waals surface area contributed by atoms with Crippen molar-refractivity contribution in [2.24, 2.45) is 0 Å². The van der Waals surface area contributed by atoms with Gasteiger partial charge in [-0.3, -0.25) is 4.79 Å². The van der Waals surface area contributed by atoms with Crippen molar-refractivity contribution < 1.29 is 14.7 Å². The second-order valence-electron chi connectivity index (χ2n) is 5.77. The van der Waals surface area contributed by atoms with Crippen molar-refractivity contribution in [3.63, 3.8) is 0 Å². The summed E-state index contributed by atoms with van der Waals surface area (Å²) in [4.78, 5) is 32.1. The first kappa shape index (κ1) is 21.5. The normalized spacial score (nSPS) is 11.8. The summed E-state index contributed by atoms with van der Waals surface area (Å²) in [5.41, 5.74) is 2.27. The van der Waals surface area contributed by atoms with E-state index in [0.717, 1.165) is 5.56 Å². The van der Waals surface area contributed by atoms with Crippen molar-refractivity contribution in [2.45, 2.75) is 30.3 Å². The highest BCUT2D eigenvalue weighted by Gasteiger charge is 2.23. The number of nitrogens with one attached hydrogen (secondary N) is 1. The Labute approximate surface area is 171 Å². The van der Waals surface area contributed by atoms with E-state index in [1.165, 1.54) is 35.3 Å². The fraction of sp³-hybridized carbons (Fsp3) is 0.333. The maximum Gasteiger partial charge on any atom is 0.326 e. The summed E-state index contributed by atoms with van der Waals surface area (Å²) in [6, 6.07) is 7.11. The molecule has 2 aromatic rings. The molecule has 0 radical (unpaired) electrons. The molecule has 1 amide bonds. The number of nitrogens with zero attached hydrogens (tertiary/aromatic N) is 2. The van der Waals surface area contributed by atoms with Gasteiger partial charge in [-0.15, -0.1) is 0 Å². The van der Waals surface area contributed by atoms with Crippen LogP contribution in [0.15, 0.2) is 35.6 Å². The Kier molecular flexibility index (Phi) is 8.40. The van der Waals surface area contributed by atoms with Gasteiger partial charge in [0.25, 0.3) is 5.91 Å². The largest absolute Gasteiger partial charge is 0.480 e. The number of halogens is 1. The van der Waals surface area contributed by atoms with E-state index in [9.17, 15) is 14.7 Å². The number of benzene rings is 1. The molecule has 0 saturated carbocycles. The first-order valence-corrected chi connectivity index (χ1v) is 10.9. The van der Waals surface area contributed by atoms with Gasteiger partial charge in [0.15, 0.2) is 10.9 Å². The number of aliphatic carboxylic acids is 1. The predicted molar refractivity (Wildman–Crippen MR) is 110 cm³/mol. The van der Waals surface area contributed by atoms with Crippen LogP contribution >= 0.6 is 35.1 Å². The van der Waals surface area contributed by atoms with Gasteiger partial charge in [0.05, 0.1) is 11.2 Å². The molecule has 0 aliphatic carbocycles. The molecule has 27 heavy (non-hydrogen) atoms. The van der Waals surface area contributed by atoms with Crippen molar-refractivity contribution in [2.75, 3.05) is 12.0 Å². The summed E-state index contributed by atoms with van der Waals surface area (Å²) in [5, 5.41) is 12.2. The zero-order valence-electron chi connectivity index (χ0n) is 14.9. The average Bonchev–Trinajstić information content (AvgIpc) is 2.65. The Hall–Kier alpha value is -1.77. The van der Waals surface area contributed by atoms with Crippen molar-refractivity contribution in [3.8, 4) is 0 Å². The minimum Gasteiger partial charge on any atom is -0.480 e. The molecule has 0 saturated heterocycles. The van der Waals surface area contributed by atoms with Crippen LogP contribution in [-0.2, 0) is 10.5 Å². The van der Waals surface area contributed by atoms with Crippen LogP contribution in [0.1, 0.15) is 28.0 Å². The van der Waals surface area contributed by atoms with Crippen LogP contribution in [0.25, 0.3) is 0 Å². The van der Waals surface area contributed by atoms with Gasteiger partial charge in [0.2, 0.25) is 0 Å². The van der Waals surface area contributed by atoms with E-state index in [4.69, 9.17) is 11.6 Å². The molecule has 9 heteroatoms. The van der Waals surface area contributed by atoms with Crippen LogP contribution in [0.5, 0.6) is 0 Å². The van der Waals surface area contributed by atoms with Crippen LogP contribution in [0, 0.1) is 6.92 Å². The zero-order chi connectivity index (χ0) is 19.8. The van der Waals surface area contributed by atoms with Crippen LogP contribution in [0.3, 0.4) is 0 Å². The highest BCUT2D eigenvalue weighted by molar-refractivity contribution is 7.98. The van der Waals surface area contributed by atoms with Gasteiger partial charge >= 0.3 is 5.97 Å². The first-order valence-electron chi connectivity index (χ1n) is 8.14. The van der Waals surface area contributed by atoms with Crippen LogP contribution in [-0.4, -0.2) is 45.0 Å². The molecule has 144 valence electrons. The number of aryl methyl sites for hydroxylation is 1. The number of rotatable bonds is 9. The van der Waals surface area contributed by atoms with E-state index in [0.29, 0.717) is 23.1 Å². The van der Waals surface area contributed by atoms with Gasteiger partial charge < -0.3 is 10.4 Å². The van der Waals surface area contributed by atoms with E-state index in [-0.39, 0.29) is 10.7 Å². The minimum atomic E-state index is -1.09. The van der Waals surface area contributed by atoms with Crippen molar-refractivity contribution >= 4 is 47.0 Å². The fourth-order valence-corrected chi connectivity index (χ4v) is 3.55. The molecule has 2 N–H and O–H groups in total. The third kappa shape index (κ3) is 6.71. The van der Waals surface area contributed by atoms with Crippen molar-refractivity contribution in [3.05, 3.63) is 52.3 Å². The van der Waals surface area contributed by atoms with Crippen LogP contribution in [0.4, 0.5) is 0 Å². The number of carboxylic acids is 1. The molecule has 1 atom stereocenters. The molecular formula is C18H20ClN3O3S2. The molecule has 0 fully saturated rings. The molecule has 0 aliphatic rings. The van der Waals surface area contributed by atoms with Gasteiger partial charge in [0, 0.05) is 5.75 Å². The quantitative estimate of drug-likeness (QED) is 0.467. The lowest BCUT2D eigenvalue weighted by Gasteiger charge is -2.14. The Bertz CT molecular complexity index is 803. The molecule has 1 heterocycles. The molecule has 0 unspecified atom stereocenters. The molecule has 6 nitrogen and oxygen atoms in total. The summed E-state index contributed by atoms with van der Waals surface area (Å²) < 4.78 is 0. The van der Waals surface area contributed by atoms with Crippen molar-refractivity contribution in [1.29, 1.82) is 0 Å². The van der Waals surface area contributed by atoms with Crippen molar-refractivity contribution in [1.82, 2.24) is 15.3 Å². The lowest BCUT2D eigenvalue weighted by atomic mass is 10.2. The molecule has 0 aliphatic heterocycles. The maximum atomic E-state index is 12.4. The first-order chi connectivity index (χ1) is 12.9. The van der Waals surface area contributed by atoms with Crippen LogP contribution < -0.4 is 5.32 Å². The molecule has 1 aromatic carbocycles. The smallest absolute Gasteiger partial charge is 0.326 e. The summed E-state index contributed by atoms with van der Waals surface area (Å²) in [7, 11) is 0. The summed E-state index contributed by atoms with van der Waals surface area (Å²) in [6.45, 7) is 2.02. The van der Waals surface area contributed by atoms with Gasteiger partial charge in [0.1, 0.15) is 6.04 Å². The number of hydrogen-bond donors (Lipinski definition) is 2. The molecule has 1 aromatic heterocycles. The number of thioether (sulfide) groups is 2. The maximum absolute atomic E-state index is 12.4. The van der Waals surface area contributed by atoms with Gasteiger partial charge in [-0.25, -0.2) is 14.8 Å². The predicted octanol–water partition coefficient (Wildman–Crippen LogP) is 3.67. The van der Waals surface area contributed by atoms with Gasteiger partial charge in [-0.05, 0) is 30.9 Å². The monoisotopic (exact) mass is 425 g/mol. The molecular weight excluding hydrogens is 406 g/mol. The number of carbonyl (C=O) groups excluding carboxylic acids is 1. The topological polar surface area (TPSA) is 92.2 Å².